The van der Waals surface area contributed by atoms with Crippen LogP contribution in [0.3, 0.4) is 0 Å². The molecule has 6 aromatic rings. The van der Waals surface area contributed by atoms with Gasteiger partial charge in [-0.3, -0.25) is 13.5 Å². The fourth-order valence-electron chi connectivity index (χ4n) is 5.99. The van der Waals surface area contributed by atoms with E-state index in [-0.39, 0.29) is 11.7 Å². The first-order valence-corrected chi connectivity index (χ1v) is 15.6. The van der Waals surface area contributed by atoms with Crippen LogP contribution >= 0.6 is 0 Å². The molecule has 1 aliphatic heterocycles. The minimum absolute atomic E-state index is 0.264. The van der Waals surface area contributed by atoms with Crippen molar-refractivity contribution in [1.29, 1.82) is 0 Å². The molecule has 9 nitrogen and oxygen atoms in total. The second kappa shape index (κ2) is 9.98. The zero-order valence-corrected chi connectivity index (χ0v) is 24.7. The average Bonchev–Trinajstić information content (AvgIpc) is 3.59. The first-order chi connectivity index (χ1) is 21.0. The number of benzene rings is 3. The van der Waals surface area contributed by atoms with Crippen LogP contribution in [0.4, 0.5) is 20.2 Å². The average molecular weight is 613 g/mol. The third kappa shape index (κ3) is 4.32. The summed E-state index contributed by atoms with van der Waals surface area (Å²) in [6.07, 6.45) is 2.72. The predicted octanol–water partition coefficient (Wildman–Crippen LogP) is 5.37. The van der Waals surface area contributed by atoms with Gasteiger partial charge in [0.1, 0.15) is 23.5 Å². The Kier molecular flexibility index (Phi) is 6.29. The van der Waals surface area contributed by atoms with Crippen LogP contribution in [0.15, 0.2) is 79.1 Å². The second-order valence-electron chi connectivity index (χ2n) is 10.8. The lowest BCUT2D eigenvalue weighted by atomic mass is 9.88. The molecule has 0 fully saturated rings. The van der Waals surface area contributed by atoms with Crippen LogP contribution in [0, 0.1) is 11.6 Å². The number of hydrogen-bond donors (Lipinski definition) is 2. The van der Waals surface area contributed by atoms with Crippen molar-refractivity contribution in [2.24, 2.45) is 0 Å². The monoisotopic (exact) mass is 612 g/mol. The number of anilines is 2. The molecule has 0 saturated carbocycles. The Bertz CT molecular complexity index is 2250. The summed E-state index contributed by atoms with van der Waals surface area (Å²) in [5.41, 5.74) is 5.50. The maximum Gasteiger partial charge on any atom is 0.232 e. The number of nitrogens with one attached hydrogen (secondary N) is 2. The number of likely N-dealkylation sites (N-methyl/N-ethyl adjacent to an activating group) is 1. The minimum atomic E-state index is -3.71. The van der Waals surface area contributed by atoms with Gasteiger partial charge in [-0.05, 0) is 65.7 Å². The third-order valence-electron chi connectivity index (χ3n) is 8.28. The van der Waals surface area contributed by atoms with Gasteiger partial charge in [0.05, 0.1) is 46.1 Å². The molecule has 222 valence electrons. The van der Waals surface area contributed by atoms with Gasteiger partial charge in [0.25, 0.3) is 0 Å². The van der Waals surface area contributed by atoms with Gasteiger partial charge in [0.15, 0.2) is 0 Å². The van der Waals surface area contributed by atoms with E-state index in [0.29, 0.717) is 61.2 Å². The van der Waals surface area contributed by atoms with Gasteiger partial charge in [0.2, 0.25) is 15.9 Å². The van der Waals surface area contributed by atoms with Gasteiger partial charge >= 0.3 is 0 Å². The Balaban J connectivity index is 1.47. The van der Waals surface area contributed by atoms with E-state index < -0.39 is 27.8 Å². The Morgan fingerprint density at radius 3 is 2.52 bits per heavy atom. The number of carbonyl (C=O) groups excluding carboxylic acids is 1. The van der Waals surface area contributed by atoms with Gasteiger partial charge in [-0.1, -0.05) is 18.2 Å². The molecule has 2 atom stereocenters. The summed E-state index contributed by atoms with van der Waals surface area (Å²) in [5, 5.41) is 6.51. The molecule has 1 amide bonds. The standard InChI is InChI=1S/C32H26F2N6O3S/c1-35-32(41)29-21-13-20(27(39(2)44(3,42)43)15-25(21)38-30(29)17-7-9-18(33)10-8-17)23-11-12-24-31(37-23)28-14-19-22(34)5-4-6-26(19)40(28)16-36-24/h4-16,29-30,38H,1-3H3,(H,35,41). The van der Waals surface area contributed by atoms with E-state index in [1.54, 1.807) is 72.4 Å². The fourth-order valence-corrected chi connectivity index (χ4v) is 6.50. The van der Waals surface area contributed by atoms with Crippen molar-refractivity contribution in [3.63, 3.8) is 0 Å². The van der Waals surface area contributed by atoms with Gasteiger partial charge < -0.3 is 10.6 Å². The van der Waals surface area contributed by atoms with Crippen LogP contribution < -0.4 is 14.9 Å². The Morgan fingerprint density at radius 2 is 1.80 bits per heavy atom. The Morgan fingerprint density at radius 1 is 1.02 bits per heavy atom. The summed E-state index contributed by atoms with van der Waals surface area (Å²) in [6, 6.07) is 18.9. The molecule has 0 spiro atoms. The number of pyridine rings is 1. The normalized spacial score (nSPS) is 16.3. The number of halogens is 2. The zero-order valence-electron chi connectivity index (χ0n) is 23.8. The molecule has 12 heteroatoms. The van der Waals surface area contributed by atoms with Gasteiger partial charge in [0, 0.05) is 30.7 Å². The highest BCUT2D eigenvalue weighted by atomic mass is 32.2. The van der Waals surface area contributed by atoms with Crippen molar-refractivity contribution >= 4 is 54.8 Å². The maximum absolute atomic E-state index is 14.7. The molecule has 3 aromatic carbocycles. The summed E-state index contributed by atoms with van der Waals surface area (Å²) in [6.45, 7) is 0. The number of hydrogen-bond acceptors (Lipinski definition) is 6. The molecular formula is C32H26F2N6O3S. The number of carbonyl (C=O) groups is 1. The number of fused-ring (bicyclic) bond motifs is 6. The van der Waals surface area contributed by atoms with Gasteiger partial charge in [-0.25, -0.2) is 27.2 Å². The summed E-state index contributed by atoms with van der Waals surface area (Å²) in [5.74, 6) is -1.73. The molecule has 2 N–H and O–H groups in total. The van der Waals surface area contributed by atoms with Crippen LogP contribution in [0.2, 0.25) is 0 Å². The number of amides is 1. The van der Waals surface area contributed by atoms with E-state index in [4.69, 9.17) is 4.98 Å². The molecule has 3 aromatic heterocycles. The molecular weight excluding hydrogens is 586 g/mol. The maximum atomic E-state index is 14.7. The highest BCUT2D eigenvalue weighted by Crippen LogP contribution is 2.48. The molecule has 1 aliphatic rings. The predicted molar refractivity (Wildman–Crippen MR) is 166 cm³/mol. The number of aromatic nitrogens is 3. The van der Waals surface area contributed by atoms with Crippen LogP contribution in [-0.2, 0) is 14.8 Å². The molecule has 0 aliphatic carbocycles. The molecule has 0 radical (unpaired) electrons. The summed E-state index contributed by atoms with van der Waals surface area (Å²) in [7, 11) is -0.715. The number of sulfonamides is 1. The number of nitrogens with zero attached hydrogens (tertiary/aromatic N) is 4. The van der Waals surface area contributed by atoms with Gasteiger partial charge in [-0.15, -0.1) is 0 Å². The van der Waals surface area contributed by atoms with Crippen LogP contribution in [0.25, 0.3) is 38.7 Å². The molecule has 0 bridgehead atoms. The van der Waals surface area contributed by atoms with Crippen LogP contribution in [-0.4, -0.2) is 49.0 Å². The van der Waals surface area contributed by atoms with Crippen LogP contribution in [0.1, 0.15) is 23.1 Å². The lowest BCUT2D eigenvalue weighted by Crippen LogP contribution is -2.29. The Labute approximate surface area is 251 Å². The lowest BCUT2D eigenvalue weighted by molar-refractivity contribution is -0.122. The zero-order chi connectivity index (χ0) is 30.9. The summed E-state index contributed by atoms with van der Waals surface area (Å²) < 4.78 is 57.0. The lowest BCUT2D eigenvalue weighted by Gasteiger charge is -2.22. The minimum Gasteiger partial charge on any atom is -0.377 e. The molecule has 7 rings (SSSR count). The van der Waals surface area contributed by atoms with E-state index in [1.807, 2.05) is 0 Å². The largest absolute Gasteiger partial charge is 0.377 e. The van der Waals surface area contributed by atoms with Crippen LogP contribution in [0.5, 0.6) is 0 Å². The quantitative estimate of drug-likeness (QED) is 0.271. The van der Waals surface area contributed by atoms with Crippen molar-refractivity contribution in [2.75, 3.05) is 30.0 Å². The smallest absolute Gasteiger partial charge is 0.232 e. The van der Waals surface area contributed by atoms with Crippen molar-refractivity contribution in [2.45, 2.75) is 12.0 Å². The van der Waals surface area contributed by atoms with E-state index >= 15 is 0 Å². The Hall–Kier alpha value is -5.10. The second-order valence-corrected chi connectivity index (χ2v) is 12.8. The highest BCUT2D eigenvalue weighted by Gasteiger charge is 2.39. The van der Waals surface area contributed by atoms with Crippen molar-refractivity contribution in [1.82, 2.24) is 19.7 Å². The van der Waals surface area contributed by atoms with E-state index in [0.717, 1.165) is 10.6 Å². The van der Waals surface area contributed by atoms with Crippen molar-refractivity contribution in [3.8, 4) is 11.3 Å². The summed E-state index contributed by atoms with van der Waals surface area (Å²) >= 11 is 0. The first kappa shape index (κ1) is 27.7. The fraction of sp³-hybridized carbons (Fsp3) is 0.156. The third-order valence-corrected chi connectivity index (χ3v) is 9.47. The molecule has 0 saturated heterocycles. The van der Waals surface area contributed by atoms with E-state index in [1.165, 1.54) is 25.2 Å². The molecule has 44 heavy (non-hydrogen) atoms. The van der Waals surface area contributed by atoms with Gasteiger partial charge in [-0.2, -0.15) is 0 Å². The van der Waals surface area contributed by atoms with Crippen molar-refractivity contribution in [3.05, 3.63) is 102 Å². The topological polar surface area (TPSA) is 109 Å². The SMILES string of the molecule is CNC(=O)C1c2cc(-c3ccc4ncn5c6cccc(F)c6cc5c4n3)c(N(C)S(C)(=O)=O)cc2NC1c1ccc(F)cc1. The van der Waals surface area contributed by atoms with E-state index in [9.17, 15) is 22.0 Å². The highest BCUT2D eigenvalue weighted by molar-refractivity contribution is 7.92. The first-order valence-electron chi connectivity index (χ1n) is 13.8. The number of rotatable bonds is 5. The van der Waals surface area contributed by atoms with Crippen molar-refractivity contribution < 1.29 is 22.0 Å². The molecule has 2 unspecified atom stereocenters. The summed E-state index contributed by atoms with van der Waals surface area (Å²) in [4.78, 5) is 22.8. The van der Waals surface area contributed by atoms with E-state index in [2.05, 4.69) is 15.6 Å². The molecule has 4 heterocycles.